The van der Waals surface area contributed by atoms with E-state index in [1.165, 1.54) is 30.4 Å². The molecule has 0 saturated carbocycles. The van der Waals surface area contributed by atoms with Crippen LogP contribution in [0.2, 0.25) is 5.02 Å². The fourth-order valence-corrected chi connectivity index (χ4v) is 5.68. The lowest BCUT2D eigenvalue weighted by molar-refractivity contribution is -0.910. The van der Waals surface area contributed by atoms with E-state index in [9.17, 15) is 19.6 Å². The summed E-state index contributed by atoms with van der Waals surface area (Å²) in [5, 5.41) is 31.8. The molecule has 5 rings (SSSR count). The van der Waals surface area contributed by atoms with Gasteiger partial charge in [0.25, 0.3) is 5.69 Å². The molecule has 0 unspecified atom stereocenters. The van der Waals surface area contributed by atoms with Crippen molar-refractivity contribution in [3.8, 4) is 16.8 Å². The van der Waals surface area contributed by atoms with Crippen molar-refractivity contribution in [1.82, 2.24) is 25.5 Å². The van der Waals surface area contributed by atoms with E-state index in [0.29, 0.717) is 70.2 Å². The van der Waals surface area contributed by atoms with E-state index in [1.807, 2.05) is 0 Å². The number of fused-ring (bicyclic) bond motifs is 4. The number of pyridine rings is 1. The number of methoxy groups -OCH3 is 1. The monoisotopic (exact) mass is 705 g/mol. The van der Waals surface area contributed by atoms with Gasteiger partial charge in [0.15, 0.2) is 0 Å². The molecule has 2 aromatic carbocycles. The van der Waals surface area contributed by atoms with Gasteiger partial charge in [0, 0.05) is 57.6 Å². The fourth-order valence-electron chi connectivity index (χ4n) is 5.50. The number of amides is 2. The minimum absolute atomic E-state index is 0.0836. The Kier molecular flexibility index (Phi) is 12.3. The van der Waals surface area contributed by atoms with Crippen molar-refractivity contribution in [3.05, 3.63) is 83.4 Å². The number of halogens is 1. The Hall–Kier alpha value is -5.54. The molecule has 0 saturated heterocycles. The van der Waals surface area contributed by atoms with Gasteiger partial charge in [-0.3, -0.25) is 15.3 Å². The second-order valence-electron chi connectivity index (χ2n) is 11.3. The maximum absolute atomic E-state index is 13.4. The fraction of sp³-hybridized carbons (Fsp3) is 0.324. The molecule has 0 spiro atoms. The van der Waals surface area contributed by atoms with Gasteiger partial charge in [-0.2, -0.15) is 4.68 Å². The van der Waals surface area contributed by atoms with E-state index in [1.54, 1.807) is 61.5 Å². The van der Waals surface area contributed by atoms with Crippen LogP contribution < -0.4 is 20.7 Å². The average molecular weight is 706 g/mol. The van der Waals surface area contributed by atoms with Crippen molar-refractivity contribution in [1.29, 1.82) is 0 Å². The molecule has 0 radical (unpaired) electrons. The summed E-state index contributed by atoms with van der Waals surface area (Å²) in [6, 6.07) is 12.5. The van der Waals surface area contributed by atoms with E-state index in [2.05, 4.69) is 31.5 Å². The Balaban J connectivity index is 1.45. The minimum Gasteiger partial charge on any atom is -0.464 e. The molecule has 2 bridgehead atoms. The maximum Gasteiger partial charge on any atom is 0.411 e. The molecule has 1 aliphatic rings. The van der Waals surface area contributed by atoms with Crippen molar-refractivity contribution >= 4 is 47.0 Å². The smallest absolute Gasteiger partial charge is 0.411 e. The minimum atomic E-state index is -0.689. The first-order valence-electron chi connectivity index (χ1n) is 16.0. The number of tetrazole rings is 1. The van der Waals surface area contributed by atoms with Crippen molar-refractivity contribution in [2.24, 2.45) is 0 Å². The Morgan fingerprint density at radius 3 is 2.72 bits per heavy atom. The number of anilines is 2. The summed E-state index contributed by atoms with van der Waals surface area (Å²) in [4.78, 5) is 38.8. The number of hydrogen-bond acceptors (Lipinski definition) is 11. The van der Waals surface area contributed by atoms with Crippen LogP contribution in [0.15, 0.2) is 67.1 Å². The van der Waals surface area contributed by atoms with Crippen LogP contribution >= 0.6 is 11.6 Å². The lowest BCUT2D eigenvalue weighted by Gasteiger charge is -2.23. The van der Waals surface area contributed by atoms with Crippen molar-refractivity contribution < 1.29 is 38.5 Å². The topological polar surface area (TPSA) is 183 Å². The molecule has 4 N–H and O–H groups in total. The molecule has 2 atom stereocenters. The SMILES string of the molecule is CCOC(=O)[C@H]1CCCC[C@H](NC(=O)/C=C/c2cc(Cl)ccc2-n2cnnn2)c2cc(cc[n+]2O)-c2ccc(NC(=O)OCCOC)cc2N1. The van der Waals surface area contributed by atoms with E-state index in [0.717, 1.165) is 4.73 Å². The zero-order chi connectivity index (χ0) is 35.5. The molecule has 0 aliphatic carbocycles. The van der Waals surface area contributed by atoms with Gasteiger partial charge in [-0.25, -0.2) is 9.59 Å². The second-order valence-corrected chi connectivity index (χ2v) is 11.7. The summed E-state index contributed by atoms with van der Waals surface area (Å²) >= 11 is 6.24. The van der Waals surface area contributed by atoms with Crippen LogP contribution in [0, 0.1) is 0 Å². The molecular weight excluding hydrogens is 668 g/mol. The predicted molar refractivity (Wildman–Crippen MR) is 183 cm³/mol. The Labute approximate surface area is 293 Å². The Morgan fingerprint density at radius 1 is 1.10 bits per heavy atom. The number of nitrogens with zero attached hydrogens (tertiary/aromatic N) is 5. The van der Waals surface area contributed by atoms with Gasteiger partial charge < -0.3 is 24.8 Å². The van der Waals surface area contributed by atoms with E-state index in [-0.39, 0.29) is 19.8 Å². The van der Waals surface area contributed by atoms with Crippen LogP contribution in [-0.4, -0.2) is 76.4 Å². The predicted octanol–water partition coefficient (Wildman–Crippen LogP) is 4.49. The number of aromatic nitrogens is 5. The lowest BCUT2D eigenvalue weighted by Crippen LogP contribution is -2.41. The van der Waals surface area contributed by atoms with Gasteiger partial charge in [0.2, 0.25) is 12.1 Å². The highest BCUT2D eigenvalue weighted by atomic mass is 35.5. The third-order valence-corrected chi connectivity index (χ3v) is 8.11. The van der Waals surface area contributed by atoms with E-state index < -0.39 is 30.1 Å². The molecular formula is C34H38ClN8O7+. The molecule has 15 nitrogen and oxygen atoms in total. The first kappa shape index (κ1) is 35.8. The highest BCUT2D eigenvalue weighted by Crippen LogP contribution is 2.34. The van der Waals surface area contributed by atoms with E-state index >= 15 is 0 Å². The van der Waals surface area contributed by atoms with Gasteiger partial charge in [0.05, 0.1) is 18.9 Å². The van der Waals surface area contributed by atoms with Gasteiger partial charge in [0.1, 0.15) is 25.0 Å². The molecule has 4 aromatic rings. The zero-order valence-corrected chi connectivity index (χ0v) is 28.3. The summed E-state index contributed by atoms with van der Waals surface area (Å²) in [5.41, 5.74) is 4.03. The van der Waals surface area contributed by atoms with Crippen molar-refractivity contribution in [3.63, 3.8) is 0 Å². The third-order valence-electron chi connectivity index (χ3n) is 7.87. The summed E-state index contributed by atoms with van der Waals surface area (Å²) in [5.74, 6) is -0.818. The van der Waals surface area contributed by atoms with E-state index in [4.69, 9.17) is 25.8 Å². The molecule has 50 heavy (non-hydrogen) atoms. The first-order valence-corrected chi connectivity index (χ1v) is 16.4. The highest BCUT2D eigenvalue weighted by Gasteiger charge is 2.28. The normalized spacial score (nSPS) is 15.9. The Bertz CT molecular complexity index is 1840. The lowest BCUT2D eigenvalue weighted by atomic mass is 9.96. The summed E-state index contributed by atoms with van der Waals surface area (Å²) < 4.78 is 17.9. The van der Waals surface area contributed by atoms with Crippen molar-refractivity contribution in [2.45, 2.75) is 44.7 Å². The number of carbonyl (C=O) groups is 3. The quantitative estimate of drug-likeness (QED) is 0.0600. The third kappa shape index (κ3) is 9.33. The van der Waals surface area contributed by atoms with Crippen LogP contribution in [0.4, 0.5) is 16.2 Å². The molecule has 1 aliphatic heterocycles. The summed E-state index contributed by atoms with van der Waals surface area (Å²) in [6.07, 6.45) is 7.36. The van der Waals surface area contributed by atoms with Crippen LogP contribution in [0.25, 0.3) is 22.9 Å². The summed E-state index contributed by atoms with van der Waals surface area (Å²) in [7, 11) is 1.51. The zero-order valence-electron chi connectivity index (χ0n) is 27.5. The number of rotatable bonds is 10. The highest BCUT2D eigenvalue weighted by molar-refractivity contribution is 6.30. The number of nitrogens with one attached hydrogen (secondary N) is 3. The van der Waals surface area contributed by atoms with Crippen LogP contribution in [0.3, 0.4) is 0 Å². The molecule has 262 valence electrons. The molecule has 0 fully saturated rings. The van der Waals surface area contributed by atoms with Gasteiger partial charge in [-0.05, 0) is 72.2 Å². The second kappa shape index (κ2) is 17.2. The van der Waals surface area contributed by atoms with Gasteiger partial charge >= 0.3 is 12.1 Å². The van der Waals surface area contributed by atoms with Crippen LogP contribution in [0.5, 0.6) is 0 Å². The number of benzene rings is 2. The first-order chi connectivity index (χ1) is 24.2. The Morgan fingerprint density at radius 2 is 1.94 bits per heavy atom. The largest absolute Gasteiger partial charge is 0.464 e. The number of carbonyl (C=O) groups excluding carboxylic acids is 3. The molecule has 16 heteroatoms. The van der Waals surface area contributed by atoms with Gasteiger partial charge in [-0.15, -0.1) is 5.10 Å². The van der Waals surface area contributed by atoms with Crippen LogP contribution in [-0.2, 0) is 23.8 Å². The molecule has 3 heterocycles. The number of esters is 1. The molecule has 2 aromatic heterocycles. The standard InChI is InChI=1S/C34H37ClN8O7/c1-3-49-33(45)28-7-5-4-6-27(39-32(44)13-8-23-18-24(35)9-12-30(23)42-21-36-40-41-42)31-19-22(14-15-43(31)47)26-11-10-25(20-29(26)38-28)37-34(46)50-17-16-48-2/h8-15,18-21,27-28,47H,3-7,16-17H2,1-2H3,(H2,37,38,39,44,46)/p+1/b13-8+,26-22?/t27-,28+/m0/s1. The number of hydrogen-bond donors (Lipinski definition) is 4. The van der Waals surface area contributed by atoms with Gasteiger partial charge in [-0.1, -0.05) is 30.5 Å². The van der Waals surface area contributed by atoms with Crippen LogP contribution in [0.1, 0.15) is 49.9 Å². The average Bonchev–Trinajstić information content (AvgIpc) is 3.63. The maximum atomic E-state index is 13.4. The molecule has 2 amide bonds. The summed E-state index contributed by atoms with van der Waals surface area (Å²) in [6.45, 7) is 2.30. The number of ether oxygens (including phenoxy) is 3. The van der Waals surface area contributed by atoms with Crippen molar-refractivity contribution in [2.75, 3.05) is 37.6 Å².